The second-order valence-corrected chi connectivity index (χ2v) is 7.57. The lowest BCUT2D eigenvalue weighted by Crippen LogP contribution is -2.06. The molecule has 32 heavy (non-hydrogen) atoms. The van der Waals surface area contributed by atoms with Crippen molar-refractivity contribution >= 4 is 22.4 Å². The monoisotopic (exact) mass is 418 g/mol. The van der Waals surface area contributed by atoms with Crippen molar-refractivity contribution in [2.45, 2.75) is 6.92 Å². The number of aliphatic imine (C=N–C) groups is 1. The van der Waals surface area contributed by atoms with Gasteiger partial charge in [0.1, 0.15) is 12.1 Å². The van der Waals surface area contributed by atoms with Crippen molar-refractivity contribution in [3.05, 3.63) is 102 Å². The van der Waals surface area contributed by atoms with Crippen LogP contribution in [0.15, 0.2) is 96.2 Å². The number of pyridine rings is 2. The fourth-order valence-electron chi connectivity index (χ4n) is 3.70. The second kappa shape index (κ2) is 8.89. The Kier molecular flexibility index (Phi) is 5.49. The first-order valence-corrected chi connectivity index (χ1v) is 10.5. The van der Waals surface area contributed by atoms with Crippen LogP contribution in [-0.2, 0) is 0 Å². The first kappa shape index (κ1) is 19.8. The lowest BCUT2D eigenvalue weighted by atomic mass is 10.1. The number of allylic oxidation sites excluding steroid dienone is 1. The molecule has 0 bridgehead atoms. The van der Waals surface area contributed by atoms with E-state index in [2.05, 4.69) is 67.7 Å². The molecule has 0 fully saturated rings. The van der Waals surface area contributed by atoms with Gasteiger partial charge in [-0.2, -0.15) is 0 Å². The van der Waals surface area contributed by atoms with E-state index in [1.165, 1.54) is 0 Å². The summed E-state index contributed by atoms with van der Waals surface area (Å²) in [5, 5.41) is 4.46. The number of benzene rings is 1. The standard InChI is InChI=1S/C26H22N6/c1-18-14-22(9-13-28-18)24-5-2-19(6-12-29-24)16-30-26-23-4-3-21(15-25(23)31-17-32-26)20-7-10-27-11-8-20/h2-11,13-15,17H,12,16H2,1H3,(H,30,31,32). The fourth-order valence-corrected chi connectivity index (χ4v) is 3.70. The Bertz CT molecular complexity index is 1360. The van der Waals surface area contributed by atoms with Gasteiger partial charge in [0.25, 0.3) is 0 Å². The maximum Gasteiger partial charge on any atom is 0.137 e. The molecule has 4 aromatic rings. The van der Waals surface area contributed by atoms with Gasteiger partial charge in [-0.25, -0.2) is 9.97 Å². The molecule has 1 aliphatic heterocycles. The maximum atomic E-state index is 4.70. The molecule has 0 spiro atoms. The molecule has 1 N–H and O–H groups in total. The Labute approximate surface area is 186 Å². The van der Waals surface area contributed by atoms with Gasteiger partial charge >= 0.3 is 0 Å². The van der Waals surface area contributed by atoms with Gasteiger partial charge in [0.05, 0.1) is 17.8 Å². The van der Waals surface area contributed by atoms with E-state index in [1.807, 2.05) is 31.3 Å². The summed E-state index contributed by atoms with van der Waals surface area (Å²) in [6.07, 6.45) is 13.3. The van der Waals surface area contributed by atoms with Gasteiger partial charge in [-0.1, -0.05) is 18.2 Å². The average molecular weight is 419 g/mol. The van der Waals surface area contributed by atoms with E-state index in [0.717, 1.165) is 50.4 Å². The van der Waals surface area contributed by atoms with Gasteiger partial charge in [-0.05, 0) is 66.1 Å². The molecule has 0 saturated carbocycles. The number of hydrogen-bond acceptors (Lipinski definition) is 6. The molecule has 0 radical (unpaired) electrons. The fraction of sp³-hybridized carbons (Fsp3) is 0.115. The molecule has 0 atom stereocenters. The Morgan fingerprint density at radius 1 is 0.844 bits per heavy atom. The molecule has 0 amide bonds. The Hall–Kier alpha value is -4.19. The van der Waals surface area contributed by atoms with Crippen molar-refractivity contribution in [1.29, 1.82) is 0 Å². The van der Waals surface area contributed by atoms with E-state index < -0.39 is 0 Å². The zero-order valence-corrected chi connectivity index (χ0v) is 17.7. The number of fused-ring (bicyclic) bond motifs is 1. The van der Waals surface area contributed by atoms with Gasteiger partial charge in [0.15, 0.2) is 0 Å². The molecular weight excluding hydrogens is 396 g/mol. The maximum absolute atomic E-state index is 4.70. The minimum atomic E-state index is 0.639. The predicted octanol–water partition coefficient (Wildman–Crippen LogP) is 4.79. The molecule has 1 aliphatic rings. The molecule has 0 saturated heterocycles. The van der Waals surface area contributed by atoms with E-state index in [4.69, 9.17) is 4.99 Å². The van der Waals surface area contributed by atoms with Crippen LogP contribution >= 0.6 is 0 Å². The third-order valence-corrected chi connectivity index (χ3v) is 5.37. The van der Waals surface area contributed by atoms with E-state index in [1.54, 1.807) is 18.7 Å². The quantitative estimate of drug-likeness (QED) is 0.504. The van der Waals surface area contributed by atoms with Gasteiger partial charge in [-0.15, -0.1) is 0 Å². The normalized spacial score (nSPS) is 13.4. The van der Waals surface area contributed by atoms with Crippen molar-refractivity contribution in [2.75, 3.05) is 18.4 Å². The Morgan fingerprint density at radius 2 is 1.72 bits per heavy atom. The number of hydrogen-bond donors (Lipinski definition) is 1. The van der Waals surface area contributed by atoms with Crippen molar-refractivity contribution in [3.8, 4) is 11.1 Å². The minimum absolute atomic E-state index is 0.639. The third kappa shape index (κ3) is 4.30. The summed E-state index contributed by atoms with van der Waals surface area (Å²) in [4.78, 5) is 22.0. The van der Waals surface area contributed by atoms with Gasteiger partial charge in [0, 0.05) is 41.8 Å². The first-order valence-electron chi connectivity index (χ1n) is 10.5. The van der Waals surface area contributed by atoms with Crippen molar-refractivity contribution < 1.29 is 0 Å². The molecule has 156 valence electrons. The summed E-state index contributed by atoms with van der Waals surface area (Å²) in [7, 11) is 0. The van der Waals surface area contributed by atoms with Crippen molar-refractivity contribution in [1.82, 2.24) is 19.9 Å². The summed E-state index contributed by atoms with van der Waals surface area (Å²) in [5.41, 5.74) is 7.33. The number of anilines is 1. The number of nitrogens with one attached hydrogen (secondary N) is 1. The molecule has 1 aromatic carbocycles. The lowest BCUT2D eigenvalue weighted by Gasteiger charge is -2.10. The SMILES string of the molecule is Cc1cc(C2=NCC=C(CNc3ncnc4cc(-c5ccncc5)ccc34)C=C2)ccn1. The van der Waals surface area contributed by atoms with Crippen LogP contribution in [0.25, 0.3) is 22.0 Å². The number of rotatable bonds is 5. The summed E-state index contributed by atoms with van der Waals surface area (Å²) in [6.45, 7) is 3.29. The van der Waals surface area contributed by atoms with Crippen LogP contribution in [0.4, 0.5) is 5.82 Å². The van der Waals surface area contributed by atoms with Crippen LogP contribution < -0.4 is 5.32 Å². The predicted molar refractivity (Wildman–Crippen MR) is 129 cm³/mol. The van der Waals surface area contributed by atoms with Crippen LogP contribution in [0.1, 0.15) is 11.3 Å². The topological polar surface area (TPSA) is 76.0 Å². The van der Waals surface area contributed by atoms with E-state index in [-0.39, 0.29) is 0 Å². The summed E-state index contributed by atoms with van der Waals surface area (Å²) in [6, 6.07) is 14.3. The molecule has 6 heteroatoms. The van der Waals surface area contributed by atoms with E-state index >= 15 is 0 Å². The highest BCUT2D eigenvalue weighted by Gasteiger charge is 2.08. The lowest BCUT2D eigenvalue weighted by molar-refractivity contribution is 1.15. The number of aryl methyl sites for hydroxylation is 1. The van der Waals surface area contributed by atoms with Crippen LogP contribution in [0, 0.1) is 6.92 Å². The summed E-state index contributed by atoms with van der Waals surface area (Å²) >= 11 is 0. The van der Waals surface area contributed by atoms with Crippen molar-refractivity contribution in [3.63, 3.8) is 0 Å². The molecule has 0 unspecified atom stereocenters. The minimum Gasteiger partial charge on any atom is -0.365 e. The Morgan fingerprint density at radius 3 is 2.59 bits per heavy atom. The second-order valence-electron chi connectivity index (χ2n) is 7.57. The highest BCUT2D eigenvalue weighted by molar-refractivity contribution is 6.09. The molecule has 0 aliphatic carbocycles. The van der Waals surface area contributed by atoms with Gasteiger partial charge in [0.2, 0.25) is 0 Å². The van der Waals surface area contributed by atoms with E-state index in [9.17, 15) is 0 Å². The van der Waals surface area contributed by atoms with Gasteiger partial charge < -0.3 is 5.32 Å². The molecule has 6 nitrogen and oxygen atoms in total. The van der Waals surface area contributed by atoms with Crippen LogP contribution in [0.3, 0.4) is 0 Å². The molecule has 5 rings (SSSR count). The third-order valence-electron chi connectivity index (χ3n) is 5.37. The van der Waals surface area contributed by atoms with Crippen LogP contribution in [-0.4, -0.2) is 38.7 Å². The Balaban J connectivity index is 1.32. The number of aromatic nitrogens is 4. The molecular formula is C26H22N6. The van der Waals surface area contributed by atoms with Crippen molar-refractivity contribution in [2.24, 2.45) is 4.99 Å². The molecule has 4 heterocycles. The highest BCUT2D eigenvalue weighted by atomic mass is 15.0. The zero-order chi connectivity index (χ0) is 21.8. The van der Waals surface area contributed by atoms with E-state index in [0.29, 0.717) is 13.1 Å². The average Bonchev–Trinajstić information content (AvgIpc) is 3.09. The van der Waals surface area contributed by atoms with Crippen LogP contribution in [0.2, 0.25) is 0 Å². The highest BCUT2D eigenvalue weighted by Crippen LogP contribution is 2.26. The summed E-state index contributed by atoms with van der Waals surface area (Å²) in [5.74, 6) is 0.820. The first-order chi connectivity index (χ1) is 15.8. The van der Waals surface area contributed by atoms with Crippen LogP contribution in [0.5, 0.6) is 0 Å². The molecule has 3 aromatic heterocycles. The summed E-state index contributed by atoms with van der Waals surface area (Å²) < 4.78 is 0. The number of nitrogens with zero attached hydrogens (tertiary/aromatic N) is 5. The largest absolute Gasteiger partial charge is 0.365 e. The smallest absolute Gasteiger partial charge is 0.137 e. The van der Waals surface area contributed by atoms with Gasteiger partial charge in [-0.3, -0.25) is 15.0 Å². The zero-order valence-electron chi connectivity index (χ0n) is 17.7.